The van der Waals surface area contributed by atoms with E-state index in [-0.39, 0.29) is 16.8 Å². The van der Waals surface area contributed by atoms with Gasteiger partial charge in [0.1, 0.15) is 29.7 Å². The van der Waals surface area contributed by atoms with E-state index in [9.17, 15) is 9.65 Å². The first-order valence-electron chi connectivity index (χ1n) is 11.5. The molecule has 6 rings (SSSR count). The number of ether oxygens (including phenoxy) is 3. The van der Waals surface area contributed by atoms with E-state index in [2.05, 4.69) is 11.0 Å². The lowest BCUT2D eigenvalue weighted by Crippen LogP contribution is -2.43. The molecule has 0 amide bonds. The van der Waals surface area contributed by atoms with E-state index < -0.39 is 5.82 Å². The summed E-state index contributed by atoms with van der Waals surface area (Å²) in [5, 5.41) is 11.8. The van der Waals surface area contributed by atoms with Crippen LogP contribution in [0.2, 0.25) is 5.02 Å². The van der Waals surface area contributed by atoms with Crippen molar-refractivity contribution in [3.8, 4) is 23.1 Å². The Morgan fingerprint density at radius 1 is 1.31 bits per heavy atom. The van der Waals surface area contributed by atoms with Gasteiger partial charge in [-0.3, -0.25) is 4.90 Å². The molecule has 0 radical (unpaired) electrons. The quantitative estimate of drug-likeness (QED) is 0.379. The number of nitriles is 1. The number of hydrogen-bond donors (Lipinski definition) is 1. The summed E-state index contributed by atoms with van der Waals surface area (Å²) in [6.07, 6.45) is 0.851. The van der Waals surface area contributed by atoms with Crippen molar-refractivity contribution >= 4 is 48.9 Å². The van der Waals surface area contributed by atoms with Crippen molar-refractivity contribution in [2.24, 2.45) is 0 Å². The summed E-state index contributed by atoms with van der Waals surface area (Å²) in [7, 11) is 2.00. The normalized spacial score (nSPS) is 18.0. The third-order valence-electron chi connectivity index (χ3n) is 6.81. The van der Waals surface area contributed by atoms with Gasteiger partial charge in [0.25, 0.3) is 0 Å². The largest absolute Gasteiger partial charge is 0.473 e. The monoisotopic (exact) mass is 524 g/mol. The van der Waals surface area contributed by atoms with Crippen LogP contribution in [0.5, 0.6) is 5.88 Å². The van der Waals surface area contributed by atoms with Crippen molar-refractivity contribution in [2.75, 3.05) is 32.5 Å². The molecule has 1 fully saturated rings. The maximum absolute atomic E-state index is 14.7. The third kappa shape index (κ3) is 3.69. The number of rotatable bonds is 4. The first kappa shape index (κ1) is 23.4. The average Bonchev–Trinajstić information content (AvgIpc) is 3.49. The Labute approximate surface area is 215 Å². The van der Waals surface area contributed by atoms with Gasteiger partial charge < -0.3 is 19.9 Å². The maximum atomic E-state index is 14.7. The van der Waals surface area contributed by atoms with Crippen molar-refractivity contribution in [1.82, 2.24) is 9.88 Å². The zero-order chi connectivity index (χ0) is 25.0. The van der Waals surface area contributed by atoms with Gasteiger partial charge in [0.2, 0.25) is 5.88 Å². The minimum absolute atomic E-state index is 0.142. The van der Waals surface area contributed by atoms with Gasteiger partial charge in [0.15, 0.2) is 0 Å². The zero-order valence-electron chi connectivity index (χ0n) is 19.4. The number of aromatic nitrogens is 1. The molecule has 36 heavy (non-hydrogen) atoms. The number of fused-ring (bicyclic) bond motifs is 4. The highest BCUT2D eigenvalue weighted by Crippen LogP contribution is 2.48. The molecule has 4 aromatic rings. The summed E-state index contributed by atoms with van der Waals surface area (Å²) in [6, 6.07) is 8.92. The van der Waals surface area contributed by atoms with E-state index in [1.54, 1.807) is 6.07 Å². The van der Waals surface area contributed by atoms with Crippen LogP contribution in [0.3, 0.4) is 0 Å². The molecule has 0 unspecified atom stereocenters. The third-order valence-corrected chi connectivity index (χ3v) is 8.21. The summed E-state index contributed by atoms with van der Waals surface area (Å²) in [4.78, 5) is 6.86. The van der Waals surface area contributed by atoms with E-state index in [1.165, 1.54) is 6.07 Å². The molecule has 2 aromatic heterocycles. The molecule has 2 aromatic carbocycles. The molecule has 0 aliphatic carbocycles. The van der Waals surface area contributed by atoms with Crippen molar-refractivity contribution in [3.63, 3.8) is 0 Å². The fourth-order valence-corrected chi connectivity index (χ4v) is 6.31. The number of nitrogens with two attached hydrogens (primary N) is 1. The highest BCUT2D eigenvalue weighted by atomic mass is 35.5. The summed E-state index contributed by atoms with van der Waals surface area (Å²) in [6.45, 7) is 2.75. The standard InChI is InChI=1S/C26H22ClFN4O3S/c1-32-7-2-8-34-20(32)12-35-19-6-4-13-16-10-33-11-17(16)21(23(27)24(13)31-19)14-3-5-18(28)25-22(14)15(9-29)26(30)36-25/h3-6,20H,2,7-8,10-12,30H2,1H3/t20-/m0/s1. The van der Waals surface area contributed by atoms with Crippen LogP contribution < -0.4 is 10.5 Å². The number of anilines is 1. The smallest absolute Gasteiger partial charge is 0.213 e. The number of likely N-dealkylation sites (N-methyl/N-ethyl adjacent to an activating group) is 1. The number of benzene rings is 2. The number of nitrogens with zero attached hydrogens (tertiary/aromatic N) is 3. The Balaban J connectivity index is 1.51. The fourth-order valence-electron chi connectivity index (χ4n) is 5.00. The summed E-state index contributed by atoms with van der Waals surface area (Å²) in [5.41, 5.74) is 10.1. The van der Waals surface area contributed by atoms with Crippen molar-refractivity contribution in [2.45, 2.75) is 25.9 Å². The lowest BCUT2D eigenvalue weighted by molar-refractivity contribution is -0.102. The van der Waals surface area contributed by atoms with Gasteiger partial charge in [-0.05, 0) is 42.3 Å². The molecule has 4 heterocycles. The van der Waals surface area contributed by atoms with Gasteiger partial charge in [-0.1, -0.05) is 17.7 Å². The second kappa shape index (κ2) is 9.14. The molecule has 1 atom stereocenters. The Hall–Kier alpha value is -3.00. The molecule has 1 saturated heterocycles. The second-order valence-electron chi connectivity index (χ2n) is 8.91. The number of thiophene rings is 1. The molecule has 0 saturated carbocycles. The second-order valence-corrected chi connectivity index (χ2v) is 10.3. The molecule has 7 nitrogen and oxygen atoms in total. The van der Waals surface area contributed by atoms with E-state index in [1.807, 2.05) is 19.2 Å². The summed E-state index contributed by atoms with van der Waals surface area (Å²) in [5.74, 6) is -0.000925. The summed E-state index contributed by atoms with van der Waals surface area (Å²) < 4.78 is 32.6. The van der Waals surface area contributed by atoms with E-state index in [0.29, 0.717) is 64.1 Å². The number of nitrogen functional groups attached to an aromatic ring is 1. The van der Waals surface area contributed by atoms with Gasteiger partial charge in [-0.2, -0.15) is 5.26 Å². The van der Waals surface area contributed by atoms with Gasteiger partial charge in [-0.25, -0.2) is 9.37 Å². The van der Waals surface area contributed by atoms with Crippen LogP contribution in [0.4, 0.5) is 9.39 Å². The van der Waals surface area contributed by atoms with E-state index >= 15 is 0 Å². The highest BCUT2D eigenvalue weighted by Gasteiger charge is 2.28. The molecular formula is C26H22ClFN4O3S. The first-order chi connectivity index (χ1) is 17.5. The van der Waals surface area contributed by atoms with Crippen LogP contribution in [0.25, 0.3) is 32.1 Å². The summed E-state index contributed by atoms with van der Waals surface area (Å²) >= 11 is 8.09. The SMILES string of the molecule is CN1CCCO[C@H]1COc1ccc2c3c(c(-c4ccc(F)c5sc(N)c(C#N)c45)c(Cl)c2n1)COC3. The van der Waals surface area contributed by atoms with Crippen molar-refractivity contribution in [1.29, 1.82) is 5.26 Å². The topological polar surface area (TPSA) is 93.6 Å². The molecule has 0 spiro atoms. The van der Waals surface area contributed by atoms with Crippen LogP contribution in [0.15, 0.2) is 24.3 Å². The Kier molecular flexibility index (Phi) is 5.94. The minimum atomic E-state index is -0.430. The Morgan fingerprint density at radius 3 is 2.94 bits per heavy atom. The lowest BCUT2D eigenvalue weighted by atomic mass is 9.91. The predicted molar refractivity (Wildman–Crippen MR) is 138 cm³/mol. The molecule has 10 heteroatoms. The van der Waals surface area contributed by atoms with Crippen molar-refractivity contribution in [3.05, 3.63) is 51.8 Å². The Morgan fingerprint density at radius 2 is 2.14 bits per heavy atom. The molecule has 184 valence electrons. The molecule has 2 aliphatic heterocycles. The minimum Gasteiger partial charge on any atom is -0.473 e. The molecule has 0 bridgehead atoms. The Bertz CT molecular complexity index is 1570. The van der Waals surface area contributed by atoms with Gasteiger partial charge >= 0.3 is 0 Å². The number of hydrogen-bond acceptors (Lipinski definition) is 8. The van der Waals surface area contributed by atoms with Gasteiger partial charge in [0.05, 0.1) is 40.6 Å². The van der Waals surface area contributed by atoms with Crippen LogP contribution in [0.1, 0.15) is 23.1 Å². The van der Waals surface area contributed by atoms with Gasteiger partial charge in [0, 0.05) is 28.9 Å². The zero-order valence-corrected chi connectivity index (χ0v) is 21.0. The van der Waals surface area contributed by atoms with Crippen molar-refractivity contribution < 1.29 is 18.6 Å². The van der Waals surface area contributed by atoms with Crippen LogP contribution in [-0.4, -0.2) is 42.9 Å². The number of pyridine rings is 1. The molecule has 2 N–H and O–H groups in total. The van der Waals surface area contributed by atoms with Gasteiger partial charge in [-0.15, -0.1) is 11.3 Å². The van der Waals surface area contributed by atoms with E-state index in [4.69, 9.17) is 36.5 Å². The van der Waals surface area contributed by atoms with E-state index in [0.717, 1.165) is 40.8 Å². The average molecular weight is 525 g/mol. The fraction of sp³-hybridized carbons (Fsp3) is 0.308. The molecule has 2 aliphatic rings. The first-order valence-corrected chi connectivity index (χ1v) is 12.7. The van der Waals surface area contributed by atoms with Crippen LogP contribution in [0, 0.1) is 17.1 Å². The van der Waals surface area contributed by atoms with Crippen LogP contribution in [-0.2, 0) is 22.7 Å². The lowest BCUT2D eigenvalue weighted by Gasteiger charge is -2.32. The predicted octanol–water partition coefficient (Wildman–Crippen LogP) is 5.45. The maximum Gasteiger partial charge on any atom is 0.213 e. The highest BCUT2D eigenvalue weighted by molar-refractivity contribution is 7.23. The molecular weight excluding hydrogens is 503 g/mol. The van der Waals surface area contributed by atoms with Crippen LogP contribution >= 0.6 is 22.9 Å². The number of halogens is 2.